The van der Waals surface area contributed by atoms with Crippen molar-refractivity contribution in [3.63, 3.8) is 0 Å². The number of hydrogen-bond acceptors (Lipinski definition) is 6. The van der Waals surface area contributed by atoms with Crippen molar-refractivity contribution in [1.82, 2.24) is 20.0 Å². The highest BCUT2D eigenvalue weighted by Gasteiger charge is 2.16. The van der Waals surface area contributed by atoms with Crippen molar-refractivity contribution in [3.8, 4) is 11.3 Å². The molecule has 0 saturated heterocycles. The van der Waals surface area contributed by atoms with Crippen molar-refractivity contribution >= 4 is 16.9 Å². The van der Waals surface area contributed by atoms with Gasteiger partial charge in [-0.15, -0.1) is 0 Å². The molecule has 0 unspecified atom stereocenters. The fraction of sp³-hybridized carbons (Fsp3) is 0.190. The number of nitrogens with one attached hydrogen (secondary N) is 1. The molecule has 0 atom stereocenters. The number of nitrogens with zero attached hydrogens (tertiary/aromatic N) is 4. The van der Waals surface area contributed by atoms with E-state index < -0.39 is 0 Å². The zero-order valence-corrected chi connectivity index (χ0v) is 15.5. The molecule has 1 N–H and O–H groups in total. The van der Waals surface area contributed by atoms with E-state index in [4.69, 9.17) is 4.52 Å². The third-order valence-electron chi connectivity index (χ3n) is 4.47. The van der Waals surface area contributed by atoms with Crippen molar-refractivity contribution in [2.75, 3.05) is 25.5 Å². The second-order valence-corrected chi connectivity index (χ2v) is 6.59. The minimum Gasteiger partial charge on any atom is -0.368 e. The predicted molar refractivity (Wildman–Crippen MR) is 106 cm³/mol. The van der Waals surface area contributed by atoms with Gasteiger partial charge in [-0.2, -0.15) is 4.98 Å². The smallest absolute Gasteiger partial charge is 0.263 e. The van der Waals surface area contributed by atoms with Crippen LogP contribution in [0.25, 0.3) is 22.4 Å². The monoisotopic (exact) mass is 377 g/mol. The maximum atomic E-state index is 13.2. The Morgan fingerprint density at radius 3 is 2.61 bits per heavy atom. The molecule has 142 valence electrons. The SMILES string of the molecule is CN(CCNc1ncnc2onc(-c3ccc(F)cc3)c12)Cc1ccccc1. The number of likely N-dealkylation sites (N-methyl/N-ethyl adjacent to an activating group) is 1. The van der Waals surface area contributed by atoms with Gasteiger partial charge in [0.05, 0.1) is 0 Å². The van der Waals surface area contributed by atoms with Gasteiger partial charge in [-0.25, -0.2) is 9.37 Å². The molecule has 28 heavy (non-hydrogen) atoms. The van der Waals surface area contributed by atoms with Crippen molar-refractivity contribution in [1.29, 1.82) is 0 Å². The van der Waals surface area contributed by atoms with Gasteiger partial charge in [0.25, 0.3) is 5.71 Å². The van der Waals surface area contributed by atoms with Gasteiger partial charge in [0.2, 0.25) is 0 Å². The van der Waals surface area contributed by atoms with Crippen LogP contribution < -0.4 is 5.32 Å². The molecule has 0 amide bonds. The Bertz CT molecular complexity index is 1050. The Kier molecular flexibility index (Phi) is 5.25. The van der Waals surface area contributed by atoms with Crippen molar-refractivity contribution in [3.05, 3.63) is 72.3 Å². The van der Waals surface area contributed by atoms with E-state index in [9.17, 15) is 4.39 Å². The summed E-state index contributed by atoms with van der Waals surface area (Å²) in [5.41, 5.74) is 3.01. The second-order valence-electron chi connectivity index (χ2n) is 6.59. The number of hydrogen-bond donors (Lipinski definition) is 1. The summed E-state index contributed by atoms with van der Waals surface area (Å²) in [6, 6.07) is 16.4. The first-order chi connectivity index (χ1) is 13.7. The van der Waals surface area contributed by atoms with Crippen LogP contribution in [-0.2, 0) is 6.54 Å². The molecule has 0 radical (unpaired) electrons. The standard InChI is InChI=1S/C21H20FN5O/c1-27(13-15-5-3-2-4-6-15)12-11-23-20-18-19(16-7-9-17(22)10-8-16)26-28-21(18)25-14-24-20/h2-10,14H,11-13H2,1H3,(H,23,24,25). The van der Waals surface area contributed by atoms with Crippen LogP contribution in [0.1, 0.15) is 5.56 Å². The average molecular weight is 377 g/mol. The molecule has 0 aliphatic rings. The van der Waals surface area contributed by atoms with E-state index in [0.717, 1.165) is 18.7 Å². The Labute approximate surface area is 162 Å². The van der Waals surface area contributed by atoms with Crippen LogP contribution in [0.15, 0.2) is 65.4 Å². The van der Waals surface area contributed by atoms with Crippen molar-refractivity contribution in [2.24, 2.45) is 0 Å². The molecule has 7 heteroatoms. The van der Waals surface area contributed by atoms with Gasteiger partial charge < -0.3 is 14.7 Å². The topological polar surface area (TPSA) is 67.1 Å². The van der Waals surface area contributed by atoms with Crippen LogP contribution in [0, 0.1) is 5.82 Å². The lowest BCUT2D eigenvalue weighted by molar-refractivity contribution is 0.340. The molecule has 0 aliphatic carbocycles. The fourth-order valence-electron chi connectivity index (χ4n) is 3.06. The zero-order chi connectivity index (χ0) is 19.3. The van der Waals surface area contributed by atoms with Gasteiger partial charge in [-0.05, 0) is 36.9 Å². The lowest BCUT2D eigenvalue weighted by atomic mass is 10.1. The normalized spacial score (nSPS) is 11.2. The summed E-state index contributed by atoms with van der Waals surface area (Å²) in [6.07, 6.45) is 1.44. The average Bonchev–Trinajstić information content (AvgIpc) is 3.14. The lowest BCUT2D eigenvalue weighted by Gasteiger charge is -2.17. The molecule has 4 aromatic rings. The number of aromatic nitrogens is 3. The third kappa shape index (κ3) is 3.99. The zero-order valence-electron chi connectivity index (χ0n) is 15.5. The van der Waals surface area contributed by atoms with Gasteiger partial charge in [0.1, 0.15) is 29.0 Å². The summed E-state index contributed by atoms with van der Waals surface area (Å²) < 4.78 is 18.6. The van der Waals surface area contributed by atoms with E-state index in [-0.39, 0.29) is 5.82 Å². The molecule has 2 aromatic heterocycles. The van der Waals surface area contributed by atoms with Crippen molar-refractivity contribution < 1.29 is 8.91 Å². The minimum absolute atomic E-state index is 0.299. The molecule has 0 fully saturated rings. The number of fused-ring (bicyclic) bond motifs is 1. The Morgan fingerprint density at radius 1 is 1.04 bits per heavy atom. The van der Waals surface area contributed by atoms with Gasteiger partial charge >= 0.3 is 0 Å². The maximum absolute atomic E-state index is 13.2. The van der Waals surface area contributed by atoms with E-state index in [1.54, 1.807) is 12.1 Å². The third-order valence-corrected chi connectivity index (χ3v) is 4.47. The molecule has 2 heterocycles. The summed E-state index contributed by atoms with van der Waals surface area (Å²) in [7, 11) is 2.08. The van der Waals surface area contributed by atoms with Crippen LogP contribution in [0.3, 0.4) is 0 Å². The van der Waals surface area contributed by atoms with Gasteiger partial charge in [-0.1, -0.05) is 35.5 Å². The highest BCUT2D eigenvalue weighted by molar-refractivity contribution is 5.97. The van der Waals surface area contributed by atoms with Crippen molar-refractivity contribution in [2.45, 2.75) is 6.54 Å². The van der Waals surface area contributed by atoms with E-state index >= 15 is 0 Å². The molecule has 0 saturated carbocycles. The van der Waals surface area contributed by atoms with E-state index in [1.165, 1.54) is 24.0 Å². The molecule has 2 aromatic carbocycles. The van der Waals surface area contributed by atoms with Gasteiger partial charge in [0.15, 0.2) is 0 Å². The molecular formula is C21H20FN5O. The van der Waals surface area contributed by atoms with Crippen LogP contribution in [0.4, 0.5) is 10.2 Å². The van der Waals surface area contributed by atoms with Gasteiger partial charge in [-0.3, -0.25) is 0 Å². The summed E-state index contributed by atoms with van der Waals surface area (Å²) in [5.74, 6) is 0.353. The maximum Gasteiger partial charge on any atom is 0.263 e. The second kappa shape index (κ2) is 8.14. The van der Waals surface area contributed by atoms with Crippen LogP contribution in [0.2, 0.25) is 0 Å². The molecule has 0 aliphatic heterocycles. The molecule has 0 bridgehead atoms. The summed E-state index contributed by atoms with van der Waals surface area (Å²) in [6.45, 7) is 2.40. The van der Waals surface area contributed by atoms with Crippen LogP contribution in [-0.4, -0.2) is 40.2 Å². The first-order valence-corrected chi connectivity index (χ1v) is 9.03. The fourth-order valence-corrected chi connectivity index (χ4v) is 3.06. The highest BCUT2D eigenvalue weighted by atomic mass is 19.1. The molecule has 4 rings (SSSR count). The number of rotatable bonds is 7. The Morgan fingerprint density at radius 2 is 1.82 bits per heavy atom. The van der Waals surface area contributed by atoms with Crippen LogP contribution >= 0.6 is 0 Å². The Balaban J connectivity index is 1.48. The largest absolute Gasteiger partial charge is 0.368 e. The van der Waals surface area contributed by atoms with E-state index in [0.29, 0.717) is 29.2 Å². The van der Waals surface area contributed by atoms with Crippen LogP contribution in [0.5, 0.6) is 0 Å². The molecule has 6 nitrogen and oxygen atoms in total. The summed E-state index contributed by atoms with van der Waals surface area (Å²) in [5, 5.41) is 8.14. The summed E-state index contributed by atoms with van der Waals surface area (Å²) in [4.78, 5) is 10.7. The first kappa shape index (κ1) is 18.1. The van der Waals surface area contributed by atoms with E-state index in [1.807, 2.05) is 18.2 Å². The number of anilines is 1. The first-order valence-electron chi connectivity index (χ1n) is 9.03. The lowest BCUT2D eigenvalue weighted by Crippen LogP contribution is -2.25. The number of halogens is 1. The Hall–Kier alpha value is -3.32. The van der Waals surface area contributed by atoms with Gasteiger partial charge in [0, 0.05) is 25.2 Å². The summed E-state index contributed by atoms with van der Waals surface area (Å²) >= 11 is 0. The molecule has 0 spiro atoms. The highest BCUT2D eigenvalue weighted by Crippen LogP contribution is 2.31. The quantitative estimate of drug-likeness (QED) is 0.526. The molecular weight excluding hydrogens is 357 g/mol. The van der Waals surface area contributed by atoms with E-state index in [2.05, 4.69) is 44.5 Å². The number of benzene rings is 2. The predicted octanol–water partition coefficient (Wildman–Crippen LogP) is 3.97. The minimum atomic E-state index is -0.299.